The quantitative estimate of drug-likeness (QED) is 0.511. The van der Waals surface area contributed by atoms with Crippen LogP contribution in [0, 0.1) is 0 Å². The van der Waals surface area contributed by atoms with Crippen molar-refractivity contribution in [2.45, 2.75) is 39.5 Å². The topological polar surface area (TPSA) is 17.1 Å². The maximum atomic E-state index is 14.2. The van der Waals surface area contributed by atoms with Crippen LogP contribution in [0.4, 0.5) is 0 Å². The zero-order valence-corrected chi connectivity index (χ0v) is 15.5. The second kappa shape index (κ2) is 7.32. The van der Waals surface area contributed by atoms with Crippen molar-refractivity contribution < 1.29 is 4.57 Å². The first-order valence-corrected chi connectivity index (χ1v) is 10.2. The monoisotopic (exact) mass is 326 g/mol. The average molecular weight is 326 g/mol. The molecule has 0 atom stereocenters. The van der Waals surface area contributed by atoms with Crippen molar-refractivity contribution in [3.8, 4) is 0 Å². The Morgan fingerprint density at radius 1 is 0.870 bits per heavy atom. The largest absolute Gasteiger partial charge is 0.313 e. The summed E-state index contributed by atoms with van der Waals surface area (Å²) >= 11 is 0. The molecular weight excluding hydrogens is 299 g/mol. The molecule has 0 aliphatic heterocycles. The minimum atomic E-state index is -2.73. The molecule has 0 amide bonds. The lowest BCUT2D eigenvalue weighted by molar-refractivity contribution is 0.588. The van der Waals surface area contributed by atoms with E-state index < -0.39 is 7.14 Å². The van der Waals surface area contributed by atoms with E-state index in [1.807, 2.05) is 36.4 Å². The number of allylic oxidation sites excluding steroid dienone is 1. The van der Waals surface area contributed by atoms with Crippen LogP contribution in [0.3, 0.4) is 0 Å². The predicted octanol–water partition coefficient (Wildman–Crippen LogP) is 5.43. The first-order chi connectivity index (χ1) is 10.9. The van der Waals surface area contributed by atoms with Gasteiger partial charge in [-0.3, -0.25) is 0 Å². The van der Waals surface area contributed by atoms with Gasteiger partial charge in [0.15, 0.2) is 0 Å². The van der Waals surface area contributed by atoms with Crippen LogP contribution in [-0.2, 0) is 4.57 Å². The van der Waals surface area contributed by atoms with Crippen molar-refractivity contribution >= 4 is 17.8 Å². The fourth-order valence-corrected chi connectivity index (χ4v) is 6.29. The highest BCUT2D eigenvalue weighted by Gasteiger charge is 2.31. The Kier molecular flexibility index (Phi) is 5.65. The van der Waals surface area contributed by atoms with Crippen LogP contribution in [0.5, 0.6) is 0 Å². The Hall–Kier alpha value is -1.59. The molecule has 0 saturated carbocycles. The number of rotatable bonds is 6. The Morgan fingerprint density at radius 2 is 1.26 bits per heavy atom. The lowest BCUT2D eigenvalue weighted by Crippen LogP contribution is -2.25. The molecule has 23 heavy (non-hydrogen) atoms. The third kappa shape index (κ3) is 3.51. The summed E-state index contributed by atoms with van der Waals surface area (Å²) in [6, 6.07) is 16.3. The Labute approximate surface area is 140 Å². The molecule has 1 nitrogen and oxygen atoms in total. The van der Waals surface area contributed by atoms with Gasteiger partial charge in [0.2, 0.25) is 0 Å². The lowest BCUT2D eigenvalue weighted by Gasteiger charge is -2.25. The third-order valence-corrected chi connectivity index (χ3v) is 7.43. The molecule has 0 aliphatic rings. The average Bonchev–Trinajstić information content (AvgIpc) is 2.55. The first kappa shape index (κ1) is 17.8. The minimum absolute atomic E-state index is 0.343. The van der Waals surface area contributed by atoms with Gasteiger partial charge < -0.3 is 4.57 Å². The van der Waals surface area contributed by atoms with E-state index in [1.54, 1.807) is 6.08 Å². The smallest absolute Gasteiger partial charge is 0.147 e. The van der Waals surface area contributed by atoms with Gasteiger partial charge in [-0.2, -0.15) is 0 Å². The van der Waals surface area contributed by atoms with E-state index in [2.05, 4.69) is 46.4 Å². The Morgan fingerprint density at radius 3 is 1.61 bits per heavy atom. The summed E-state index contributed by atoms with van der Waals surface area (Å²) in [7, 11) is -2.73. The van der Waals surface area contributed by atoms with Crippen LogP contribution in [0.2, 0.25) is 0 Å². The van der Waals surface area contributed by atoms with Gasteiger partial charge in [0, 0.05) is 16.8 Å². The number of hydrogen-bond donors (Lipinski definition) is 0. The summed E-state index contributed by atoms with van der Waals surface area (Å²) in [5.74, 6) is 0.686. The molecule has 2 heteroatoms. The van der Waals surface area contributed by atoms with Crippen molar-refractivity contribution in [2.75, 3.05) is 6.16 Å². The van der Waals surface area contributed by atoms with Gasteiger partial charge in [-0.05, 0) is 23.0 Å². The van der Waals surface area contributed by atoms with E-state index in [0.717, 1.165) is 10.6 Å². The molecule has 0 spiro atoms. The highest BCUT2D eigenvalue weighted by Crippen LogP contribution is 2.47. The summed E-state index contributed by atoms with van der Waals surface area (Å²) in [5.41, 5.74) is 2.35. The predicted molar refractivity (Wildman–Crippen MR) is 103 cm³/mol. The zero-order chi connectivity index (χ0) is 17.0. The van der Waals surface area contributed by atoms with E-state index in [0.29, 0.717) is 18.0 Å². The molecule has 122 valence electrons. The summed E-state index contributed by atoms with van der Waals surface area (Å²) < 4.78 is 14.2. The SMILES string of the molecule is C=CCP(=O)(c1ccccc1C(C)C)c1ccccc1C(C)C. The molecular formula is C21H27OP. The third-order valence-electron chi connectivity index (χ3n) is 4.28. The molecule has 0 radical (unpaired) electrons. The second-order valence-electron chi connectivity index (χ2n) is 6.64. The molecule has 0 saturated heterocycles. The van der Waals surface area contributed by atoms with Crippen LogP contribution in [-0.4, -0.2) is 6.16 Å². The molecule has 0 aliphatic carbocycles. The molecule has 2 aromatic carbocycles. The number of hydrogen-bond acceptors (Lipinski definition) is 1. The molecule has 0 N–H and O–H groups in total. The van der Waals surface area contributed by atoms with Crippen molar-refractivity contribution in [3.63, 3.8) is 0 Å². The van der Waals surface area contributed by atoms with E-state index in [1.165, 1.54) is 11.1 Å². The van der Waals surface area contributed by atoms with E-state index in [9.17, 15) is 4.57 Å². The first-order valence-electron chi connectivity index (χ1n) is 8.30. The van der Waals surface area contributed by atoms with E-state index >= 15 is 0 Å². The molecule has 0 bridgehead atoms. The molecule has 2 aromatic rings. The zero-order valence-electron chi connectivity index (χ0n) is 14.6. The fraction of sp³-hybridized carbons (Fsp3) is 0.333. The van der Waals surface area contributed by atoms with Gasteiger partial charge in [0.25, 0.3) is 0 Å². The molecule has 0 unspecified atom stereocenters. The summed E-state index contributed by atoms with van der Waals surface area (Å²) in [4.78, 5) is 0. The van der Waals surface area contributed by atoms with Crippen LogP contribution in [0.15, 0.2) is 61.2 Å². The lowest BCUT2D eigenvalue weighted by atomic mass is 10.0. The van der Waals surface area contributed by atoms with Gasteiger partial charge in [-0.1, -0.05) is 82.3 Å². The van der Waals surface area contributed by atoms with Crippen molar-refractivity contribution in [3.05, 3.63) is 72.3 Å². The van der Waals surface area contributed by atoms with E-state index in [4.69, 9.17) is 0 Å². The van der Waals surface area contributed by atoms with Crippen LogP contribution in [0.1, 0.15) is 50.7 Å². The summed E-state index contributed by atoms with van der Waals surface area (Å²) in [5, 5.41) is 1.98. The highest BCUT2D eigenvalue weighted by atomic mass is 31.2. The van der Waals surface area contributed by atoms with Crippen LogP contribution in [0.25, 0.3) is 0 Å². The van der Waals surface area contributed by atoms with Crippen molar-refractivity contribution in [1.29, 1.82) is 0 Å². The summed E-state index contributed by atoms with van der Waals surface area (Å²) in [6.07, 6.45) is 2.30. The van der Waals surface area contributed by atoms with Gasteiger partial charge in [-0.15, -0.1) is 6.58 Å². The maximum absolute atomic E-state index is 14.2. The van der Waals surface area contributed by atoms with Gasteiger partial charge in [-0.25, -0.2) is 0 Å². The van der Waals surface area contributed by atoms with Gasteiger partial charge >= 0.3 is 0 Å². The van der Waals surface area contributed by atoms with Gasteiger partial charge in [0.1, 0.15) is 7.14 Å². The maximum Gasteiger partial charge on any atom is 0.147 e. The highest BCUT2D eigenvalue weighted by molar-refractivity contribution is 7.79. The Balaban J connectivity index is 2.76. The van der Waals surface area contributed by atoms with Crippen molar-refractivity contribution in [2.24, 2.45) is 0 Å². The standard InChI is InChI=1S/C21H27OP/c1-6-15-23(22,20-13-9-7-11-18(20)16(2)3)21-14-10-8-12-19(21)17(4)5/h6-14,16-17H,1,15H2,2-5H3. The summed E-state index contributed by atoms with van der Waals surface area (Å²) in [6.45, 7) is 12.5. The van der Waals surface area contributed by atoms with Crippen molar-refractivity contribution in [1.82, 2.24) is 0 Å². The van der Waals surface area contributed by atoms with Crippen LogP contribution >= 0.6 is 7.14 Å². The minimum Gasteiger partial charge on any atom is -0.313 e. The Bertz CT molecular complexity index is 673. The van der Waals surface area contributed by atoms with Crippen LogP contribution < -0.4 is 10.6 Å². The fourth-order valence-electron chi connectivity index (χ4n) is 3.12. The van der Waals surface area contributed by atoms with Gasteiger partial charge in [0.05, 0.1) is 0 Å². The van der Waals surface area contributed by atoms with E-state index in [-0.39, 0.29) is 0 Å². The number of benzene rings is 2. The second-order valence-corrected chi connectivity index (χ2v) is 9.45. The molecule has 0 aromatic heterocycles. The molecule has 0 fully saturated rings. The molecule has 0 heterocycles. The normalized spacial score (nSPS) is 11.9. The molecule has 2 rings (SSSR count).